The average molecular weight is 141 g/mol. The van der Waals surface area contributed by atoms with Crippen LogP contribution in [0.3, 0.4) is 0 Å². The summed E-state index contributed by atoms with van der Waals surface area (Å²) in [5.74, 6) is 0.298. The summed E-state index contributed by atoms with van der Waals surface area (Å²) in [6.45, 7) is 4.26. The van der Waals surface area contributed by atoms with Crippen molar-refractivity contribution in [1.29, 1.82) is 0 Å². The zero-order valence-electron chi connectivity index (χ0n) is 6.04. The van der Waals surface area contributed by atoms with Crippen molar-refractivity contribution < 1.29 is 9.53 Å². The predicted octanol–water partition coefficient (Wildman–Crippen LogP) is -0.342. The summed E-state index contributed by atoms with van der Waals surface area (Å²) in [7, 11) is 0. The van der Waals surface area contributed by atoms with E-state index < -0.39 is 0 Å². The monoisotopic (exact) mass is 141 g/mol. The third-order valence-corrected chi connectivity index (χ3v) is 2.21. The first-order valence-electron chi connectivity index (χ1n) is 3.63. The number of nitrogens with zero attached hydrogens (tertiary/aromatic N) is 1. The second-order valence-corrected chi connectivity index (χ2v) is 3.01. The van der Waals surface area contributed by atoms with Crippen molar-refractivity contribution in [3.05, 3.63) is 0 Å². The summed E-state index contributed by atoms with van der Waals surface area (Å²) in [4.78, 5) is 13.0. The van der Waals surface area contributed by atoms with E-state index in [2.05, 4.69) is 4.90 Å². The molecule has 2 rings (SSSR count). The first kappa shape index (κ1) is 6.31. The molecule has 0 bridgehead atoms. The van der Waals surface area contributed by atoms with Gasteiger partial charge in [-0.2, -0.15) is 0 Å². The van der Waals surface area contributed by atoms with Gasteiger partial charge in [0.25, 0.3) is 0 Å². The molecule has 2 unspecified atom stereocenters. The maximum Gasteiger partial charge on any atom is 0.148 e. The molecule has 2 atom stereocenters. The molecule has 0 spiro atoms. The minimum absolute atomic E-state index is 0.230. The van der Waals surface area contributed by atoms with Crippen molar-refractivity contribution in [1.82, 2.24) is 4.90 Å². The topological polar surface area (TPSA) is 29.3 Å². The van der Waals surface area contributed by atoms with Gasteiger partial charge in [0.1, 0.15) is 5.78 Å². The van der Waals surface area contributed by atoms with Gasteiger partial charge in [0.15, 0.2) is 0 Å². The van der Waals surface area contributed by atoms with Crippen LogP contribution in [0.1, 0.15) is 6.92 Å². The highest BCUT2D eigenvalue weighted by atomic mass is 16.5. The molecule has 56 valence electrons. The Morgan fingerprint density at radius 3 is 2.60 bits per heavy atom. The molecule has 0 radical (unpaired) electrons. The normalized spacial score (nSPS) is 38.9. The molecule has 0 aromatic rings. The van der Waals surface area contributed by atoms with E-state index in [0.29, 0.717) is 11.8 Å². The van der Waals surface area contributed by atoms with Crippen molar-refractivity contribution in [2.75, 3.05) is 19.8 Å². The van der Waals surface area contributed by atoms with Crippen LogP contribution in [-0.2, 0) is 9.53 Å². The maximum atomic E-state index is 10.8. The van der Waals surface area contributed by atoms with Gasteiger partial charge in [0.2, 0.25) is 0 Å². The lowest BCUT2D eigenvalue weighted by Gasteiger charge is -2.27. The Morgan fingerprint density at radius 2 is 2.30 bits per heavy atom. The number of hydrogen-bond donors (Lipinski definition) is 0. The van der Waals surface area contributed by atoms with E-state index in [9.17, 15) is 4.79 Å². The molecule has 0 amide bonds. The van der Waals surface area contributed by atoms with Gasteiger partial charge in [0.05, 0.1) is 25.3 Å². The lowest BCUT2D eigenvalue weighted by atomic mass is 10.2. The Labute approximate surface area is 60.0 Å². The number of ketones is 1. The van der Waals surface area contributed by atoms with Crippen molar-refractivity contribution in [2.24, 2.45) is 0 Å². The summed E-state index contributed by atoms with van der Waals surface area (Å²) in [6, 6.07) is 0.780. The fraction of sp³-hybridized carbons (Fsp3) is 0.857. The number of carbonyl (C=O) groups excluding carboxylic acids is 1. The maximum absolute atomic E-state index is 10.8. The van der Waals surface area contributed by atoms with Crippen LogP contribution in [0.5, 0.6) is 0 Å². The van der Waals surface area contributed by atoms with Gasteiger partial charge in [-0.15, -0.1) is 0 Å². The highest BCUT2D eigenvalue weighted by Gasteiger charge is 2.45. The van der Waals surface area contributed by atoms with Crippen LogP contribution >= 0.6 is 0 Å². The van der Waals surface area contributed by atoms with Gasteiger partial charge in [0, 0.05) is 6.54 Å². The standard InChI is InChI=1S/C7H11NO2/c1-5(9)7-2-8(7)6-3-10-4-6/h6-7H,2-4H2,1H3. The minimum atomic E-state index is 0.230. The smallest absolute Gasteiger partial charge is 0.148 e. The van der Waals surface area contributed by atoms with Crippen molar-refractivity contribution in [3.8, 4) is 0 Å². The van der Waals surface area contributed by atoms with Crippen LogP contribution in [0, 0.1) is 0 Å². The lowest BCUT2D eigenvalue weighted by molar-refractivity contribution is -0.118. The molecule has 10 heavy (non-hydrogen) atoms. The number of hydrogen-bond acceptors (Lipinski definition) is 3. The Hall–Kier alpha value is -0.410. The third-order valence-electron chi connectivity index (χ3n) is 2.21. The molecule has 2 fully saturated rings. The molecule has 0 N–H and O–H groups in total. The van der Waals surface area contributed by atoms with E-state index in [4.69, 9.17) is 4.74 Å². The average Bonchev–Trinajstić information content (AvgIpc) is 2.40. The number of carbonyl (C=O) groups is 1. The van der Waals surface area contributed by atoms with Crippen molar-refractivity contribution in [2.45, 2.75) is 19.0 Å². The van der Waals surface area contributed by atoms with Crippen molar-refractivity contribution in [3.63, 3.8) is 0 Å². The molecule has 0 aromatic carbocycles. The van der Waals surface area contributed by atoms with E-state index in [1.165, 1.54) is 0 Å². The molecular formula is C7H11NO2. The molecule has 2 heterocycles. The fourth-order valence-electron chi connectivity index (χ4n) is 1.33. The fourth-order valence-corrected chi connectivity index (χ4v) is 1.33. The molecular weight excluding hydrogens is 130 g/mol. The van der Waals surface area contributed by atoms with Crippen LogP contribution in [0.4, 0.5) is 0 Å². The third kappa shape index (κ3) is 0.859. The SMILES string of the molecule is CC(=O)C1CN1C1COC1. The van der Waals surface area contributed by atoms with Crippen LogP contribution < -0.4 is 0 Å². The first-order valence-corrected chi connectivity index (χ1v) is 3.63. The summed E-state index contributed by atoms with van der Waals surface area (Å²) < 4.78 is 5.01. The highest BCUT2D eigenvalue weighted by Crippen LogP contribution is 2.25. The van der Waals surface area contributed by atoms with Gasteiger partial charge in [-0.1, -0.05) is 0 Å². The molecule has 0 aromatic heterocycles. The van der Waals surface area contributed by atoms with Crippen LogP contribution in [-0.4, -0.2) is 42.5 Å². The molecule has 0 aliphatic carbocycles. The Kier molecular flexibility index (Phi) is 1.28. The van der Waals surface area contributed by atoms with Crippen LogP contribution in [0.15, 0.2) is 0 Å². The largest absolute Gasteiger partial charge is 0.378 e. The van der Waals surface area contributed by atoms with Gasteiger partial charge < -0.3 is 4.74 Å². The molecule has 2 saturated heterocycles. The Morgan fingerprint density at radius 1 is 1.60 bits per heavy atom. The zero-order valence-corrected chi connectivity index (χ0v) is 6.04. The molecule has 2 aliphatic rings. The summed E-state index contributed by atoms with van der Waals surface area (Å²) >= 11 is 0. The van der Waals surface area contributed by atoms with E-state index >= 15 is 0 Å². The first-order chi connectivity index (χ1) is 4.79. The predicted molar refractivity (Wildman–Crippen MR) is 35.8 cm³/mol. The van der Waals surface area contributed by atoms with Crippen LogP contribution in [0.2, 0.25) is 0 Å². The molecule has 3 heteroatoms. The number of ether oxygens (including phenoxy) is 1. The van der Waals surface area contributed by atoms with E-state index in [1.807, 2.05) is 0 Å². The molecule has 2 aliphatic heterocycles. The van der Waals surface area contributed by atoms with Gasteiger partial charge >= 0.3 is 0 Å². The second-order valence-electron chi connectivity index (χ2n) is 3.01. The van der Waals surface area contributed by atoms with Gasteiger partial charge in [-0.3, -0.25) is 9.69 Å². The minimum Gasteiger partial charge on any atom is -0.378 e. The van der Waals surface area contributed by atoms with Crippen LogP contribution in [0.25, 0.3) is 0 Å². The highest BCUT2D eigenvalue weighted by molar-refractivity contribution is 5.84. The number of rotatable bonds is 2. The summed E-state index contributed by atoms with van der Waals surface area (Å²) in [6.07, 6.45) is 0. The van der Waals surface area contributed by atoms with Crippen molar-refractivity contribution >= 4 is 5.78 Å². The van der Waals surface area contributed by atoms with E-state index in [1.54, 1.807) is 6.92 Å². The Balaban J connectivity index is 1.83. The zero-order chi connectivity index (χ0) is 7.14. The second kappa shape index (κ2) is 2.04. The van der Waals surface area contributed by atoms with Gasteiger partial charge in [-0.05, 0) is 6.92 Å². The lowest BCUT2D eigenvalue weighted by Crippen LogP contribution is -2.41. The summed E-state index contributed by atoms with van der Waals surface area (Å²) in [5.41, 5.74) is 0. The van der Waals surface area contributed by atoms with Gasteiger partial charge in [-0.25, -0.2) is 0 Å². The quantitative estimate of drug-likeness (QED) is 0.493. The van der Waals surface area contributed by atoms with E-state index in [-0.39, 0.29) is 6.04 Å². The Bertz CT molecular complexity index is 165. The molecule has 0 saturated carbocycles. The molecule has 3 nitrogen and oxygen atoms in total. The van der Waals surface area contributed by atoms with E-state index in [0.717, 1.165) is 19.8 Å². The number of Topliss-reactive ketones (excluding diaryl/α,β-unsaturated/α-hetero) is 1. The summed E-state index contributed by atoms with van der Waals surface area (Å²) in [5, 5.41) is 0.